The molecule has 0 spiro atoms. The topological polar surface area (TPSA) is 87.0 Å². The number of hydrogen-bond acceptors (Lipinski definition) is 6. The monoisotopic (exact) mass is 420 g/mol. The summed E-state index contributed by atoms with van der Waals surface area (Å²) >= 11 is 1.17. The Kier molecular flexibility index (Phi) is 6.15. The second-order valence-corrected chi connectivity index (χ2v) is 8.33. The lowest BCUT2D eigenvalue weighted by atomic mass is 10.3. The number of ether oxygens (including phenoxy) is 2. The van der Waals surface area contributed by atoms with Gasteiger partial charge in [-0.25, -0.2) is 0 Å². The number of sulfonamides is 1. The van der Waals surface area contributed by atoms with E-state index < -0.39 is 16.0 Å². The Morgan fingerprint density at radius 1 is 1.11 bits per heavy atom. The third kappa shape index (κ3) is 4.42. The van der Waals surface area contributed by atoms with Gasteiger partial charge in [-0.3, -0.25) is 4.79 Å². The van der Waals surface area contributed by atoms with Crippen molar-refractivity contribution in [2.75, 3.05) is 13.2 Å². The number of rotatable bonds is 7. The predicted octanol–water partition coefficient (Wildman–Crippen LogP) is 2.95. The average molecular weight is 421 g/mol. The molecule has 0 atom stereocenters. The van der Waals surface area contributed by atoms with Gasteiger partial charge in [0.2, 0.25) is 4.80 Å². The first-order valence-corrected chi connectivity index (χ1v) is 11.0. The van der Waals surface area contributed by atoms with Crippen molar-refractivity contribution >= 4 is 37.5 Å². The van der Waals surface area contributed by atoms with E-state index in [-0.39, 0.29) is 22.8 Å². The summed E-state index contributed by atoms with van der Waals surface area (Å²) in [6.07, 6.45) is 0. The predicted molar refractivity (Wildman–Crippen MR) is 107 cm³/mol. The van der Waals surface area contributed by atoms with Crippen LogP contribution in [0.4, 0.5) is 0 Å². The van der Waals surface area contributed by atoms with Crippen LogP contribution < -0.4 is 9.54 Å². The molecule has 0 aliphatic carbocycles. The van der Waals surface area contributed by atoms with Gasteiger partial charge in [0.15, 0.2) is 0 Å². The highest BCUT2D eigenvalue weighted by atomic mass is 32.2. The smallest absolute Gasteiger partial charge is 0.326 e. The maximum absolute atomic E-state index is 12.7. The first kappa shape index (κ1) is 20.1. The summed E-state index contributed by atoms with van der Waals surface area (Å²) in [5.41, 5.74) is 0.684. The Labute approximate surface area is 166 Å². The fraction of sp³-hybridized carbons (Fsp3) is 0.263. The number of benzene rings is 2. The molecule has 0 aliphatic rings. The van der Waals surface area contributed by atoms with Crippen LogP contribution in [0.25, 0.3) is 10.2 Å². The van der Waals surface area contributed by atoms with Crippen LogP contribution in [-0.4, -0.2) is 32.2 Å². The van der Waals surface area contributed by atoms with Crippen LogP contribution in [0.5, 0.6) is 5.75 Å². The van der Waals surface area contributed by atoms with Crippen LogP contribution in [0.2, 0.25) is 0 Å². The maximum atomic E-state index is 12.7. The molecule has 148 valence electrons. The number of nitrogens with zero attached hydrogens (tertiary/aromatic N) is 2. The van der Waals surface area contributed by atoms with Crippen LogP contribution in [0.3, 0.4) is 0 Å². The number of fused-ring (bicyclic) bond motifs is 1. The molecule has 1 heterocycles. The maximum Gasteiger partial charge on any atom is 0.326 e. The SMILES string of the molecule is CCOC(=O)Cn1c(=NS(=O)(=O)c2ccccc2)sc2cc(OCC)ccc21. The van der Waals surface area contributed by atoms with Gasteiger partial charge in [0.05, 0.1) is 28.3 Å². The first-order chi connectivity index (χ1) is 13.4. The summed E-state index contributed by atoms with van der Waals surface area (Å²) in [5, 5.41) is 0. The Balaban J connectivity index is 2.17. The zero-order chi connectivity index (χ0) is 20.1. The zero-order valence-corrected chi connectivity index (χ0v) is 17.1. The lowest BCUT2D eigenvalue weighted by molar-refractivity contribution is -0.143. The molecular formula is C19H20N2O5S2. The normalized spacial score (nSPS) is 12.3. The van der Waals surface area contributed by atoms with E-state index in [2.05, 4.69) is 4.40 Å². The van der Waals surface area contributed by atoms with E-state index in [1.165, 1.54) is 23.5 Å². The molecular weight excluding hydrogens is 400 g/mol. The summed E-state index contributed by atoms with van der Waals surface area (Å²) in [7, 11) is -3.92. The fourth-order valence-electron chi connectivity index (χ4n) is 2.62. The summed E-state index contributed by atoms with van der Waals surface area (Å²) in [6, 6.07) is 13.3. The number of hydrogen-bond donors (Lipinski definition) is 0. The molecule has 0 saturated heterocycles. The second kappa shape index (κ2) is 8.57. The van der Waals surface area contributed by atoms with Crippen molar-refractivity contribution in [1.82, 2.24) is 4.57 Å². The van der Waals surface area contributed by atoms with Crippen LogP contribution in [-0.2, 0) is 26.1 Å². The third-order valence-corrected chi connectivity index (χ3v) is 6.23. The van der Waals surface area contributed by atoms with E-state index in [1.807, 2.05) is 6.92 Å². The van der Waals surface area contributed by atoms with Crippen molar-refractivity contribution in [3.8, 4) is 5.75 Å². The minimum atomic E-state index is -3.92. The Hall–Kier alpha value is -2.65. The molecule has 2 aromatic carbocycles. The van der Waals surface area contributed by atoms with Crippen molar-refractivity contribution in [3.63, 3.8) is 0 Å². The molecule has 7 nitrogen and oxygen atoms in total. The zero-order valence-electron chi connectivity index (χ0n) is 15.5. The van der Waals surface area contributed by atoms with E-state index in [9.17, 15) is 13.2 Å². The molecule has 0 N–H and O–H groups in total. The average Bonchev–Trinajstić information content (AvgIpc) is 2.98. The van der Waals surface area contributed by atoms with Crippen molar-refractivity contribution in [1.29, 1.82) is 0 Å². The van der Waals surface area contributed by atoms with Gasteiger partial charge < -0.3 is 14.0 Å². The van der Waals surface area contributed by atoms with Crippen molar-refractivity contribution in [2.45, 2.75) is 25.3 Å². The van der Waals surface area contributed by atoms with E-state index in [1.54, 1.807) is 47.9 Å². The van der Waals surface area contributed by atoms with Crippen molar-refractivity contribution < 1.29 is 22.7 Å². The number of carbonyl (C=O) groups excluding carboxylic acids is 1. The molecule has 0 aliphatic heterocycles. The van der Waals surface area contributed by atoms with Gasteiger partial charge in [-0.1, -0.05) is 29.5 Å². The highest BCUT2D eigenvalue weighted by Gasteiger charge is 2.16. The highest BCUT2D eigenvalue weighted by Crippen LogP contribution is 2.24. The van der Waals surface area contributed by atoms with Gasteiger partial charge in [0, 0.05) is 0 Å². The number of thiazole rings is 1. The molecule has 28 heavy (non-hydrogen) atoms. The molecule has 9 heteroatoms. The molecule has 3 rings (SSSR count). The van der Waals surface area contributed by atoms with Crippen LogP contribution >= 0.6 is 11.3 Å². The molecule has 1 aromatic heterocycles. The first-order valence-electron chi connectivity index (χ1n) is 8.72. The third-order valence-electron chi connectivity index (χ3n) is 3.80. The van der Waals surface area contributed by atoms with Gasteiger partial charge in [0.25, 0.3) is 10.0 Å². The quantitative estimate of drug-likeness (QED) is 0.549. The largest absolute Gasteiger partial charge is 0.494 e. The van der Waals surface area contributed by atoms with E-state index in [0.29, 0.717) is 17.9 Å². The highest BCUT2D eigenvalue weighted by molar-refractivity contribution is 7.90. The van der Waals surface area contributed by atoms with Crippen LogP contribution in [0.15, 0.2) is 57.8 Å². The fourth-order valence-corrected chi connectivity index (χ4v) is 4.90. The Morgan fingerprint density at radius 3 is 2.54 bits per heavy atom. The molecule has 0 saturated carbocycles. The summed E-state index contributed by atoms with van der Waals surface area (Å²) < 4.78 is 42.2. The number of esters is 1. The number of carbonyl (C=O) groups is 1. The van der Waals surface area contributed by atoms with Gasteiger partial charge in [-0.05, 0) is 44.2 Å². The summed E-state index contributed by atoms with van der Waals surface area (Å²) in [5.74, 6) is 0.201. The molecule has 3 aromatic rings. The molecule has 0 fully saturated rings. The Bertz CT molecular complexity index is 1150. The van der Waals surface area contributed by atoms with Crippen LogP contribution in [0, 0.1) is 0 Å². The lowest BCUT2D eigenvalue weighted by Gasteiger charge is -2.06. The van der Waals surface area contributed by atoms with E-state index in [4.69, 9.17) is 9.47 Å². The molecule has 0 radical (unpaired) electrons. The standard InChI is InChI=1S/C19H20N2O5S2/c1-3-25-14-10-11-16-17(12-14)27-19(21(16)13-18(22)26-4-2)20-28(23,24)15-8-6-5-7-9-15/h5-12H,3-4,13H2,1-2H3. The minimum absolute atomic E-state index is 0.0881. The Morgan fingerprint density at radius 2 is 1.86 bits per heavy atom. The van der Waals surface area contributed by atoms with Gasteiger partial charge >= 0.3 is 5.97 Å². The minimum Gasteiger partial charge on any atom is -0.494 e. The van der Waals surface area contributed by atoms with E-state index >= 15 is 0 Å². The summed E-state index contributed by atoms with van der Waals surface area (Å²) in [4.78, 5) is 12.3. The molecule has 0 amide bonds. The van der Waals surface area contributed by atoms with Gasteiger partial charge in [-0.2, -0.15) is 8.42 Å². The van der Waals surface area contributed by atoms with Gasteiger partial charge in [0.1, 0.15) is 12.3 Å². The van der Waals surface area contributed by atoms with E-state index in [0.717, 1.165) is 4.70 Å². The number of aromatic nitrogens is 1. The van der Waals surface area contributed by atoms with Gasteiger partial charge in [-0.15, -0.1) is 4.40 Å². The van der Waals surface area contributed by atoms with Crippen molar-refractivity contribution in [3.05, 3.63) is 53.3 Å². The van der Waals surface area contributed by atoms with Crippen molar-refractivity contribution in [2.24, 2.45) is 4.40 Å². The lowest BCUT2D eigenvalue weighted by Crippen LogP contribution is -2.23. The molecule has 0 unspecified atom stereocenters. The second-order valence-electron chi connectivity index (χ2n) is 5.72. The summed E-state index contributed by atoms with van der Waals surface area (Å²) in [6.45, 7) is 4.22. The molecule has 0 bridgehead atoms. The van der Waals surface area contributed by atoms with Crippen LogP contribution in [0.1, 0.15) is 13.8 Å².